The lowest BCUT2D eigenvalue weighted by molar-refractivity contribution is 0.660. The molecular weight excluding hydrogens is 847 g/mol. The van der Waals surface area contributed by atoms with Crippen molar-refractivity contribution in [1.29, 1.82) is 0 Å². The van der Waals surface area contributed by atoms with E-state index in [4.69, 9.17) is 0 Å². The minimum atomic E-state index is -0.0847. The highest BCUT2D eigenvalue weighted by molar-refractivity contribution is 6.31. The largest absolute Gasteiger partial charge is 0.310 e. The van der Waals surface area contributed by atoms with E-state index in [2.05, 4.69) is 264 Å². The Morgan fingerprint density at radius 2 is 0.886 bits per heavy atom. The van der Waals surface area contributed by atoms with Gasteiger partial charge in [0.2, 0.25) is 0 Å². The highest BCUT2D eigenvalue weighted by Gasteiger charge is 2.36. The topological polar surface area (TPSA) is 13.1 Å². The monoisotopic (exact) mass is 891 g/mol. The molecule has 2 aliphatic rings. The predicted molar refractivity (Wildman–Crippen MR) is 295 cm³/mol. The van der Waals surface area contributed by atoms with E-state index >= 15 is 0 Å². The Labute approximate surface area is 406 Å². The van der Waals surface area contributed by atoms with Gasteiger partial charge in [-0.2, -0.15) is 0 Å². The Kier molecular flexibility index (Phi) is 8.13. The molecule has 0 fully saturated rings. The van der Waals surface area contributed by atoms with Crippen LogP contribution in [0.25, 0.3) is 110 Å². The predicted octanol–water partition coefficient (Wildman–Crippen LogP) is 18.1. The molecule has 15 rings (SSSR count). The standard InChI is InChI=1S/C67H45N3/c1-67(2)58-24-11-9-20-50(58)51-37-36-49(39-59(51)67)68(45-16-5-3-6-17-45)47-32-27-42(28-33-47)43-29-34-48(35-30-43)70-61-26-14-23-54-56-41-63-57(52-21-10-12-25-60(52)69(63)46-18-7-4-8-19-46)40-55(56)53-22-13-15-44-31-38-62(70)66(64(44)53)65(54)61/h3-41H,1-2H3. The van der Waals surface area contributed by atoms with Crippen LogP contribution in [-0.2, 0) is 5.41 Å². The maximum absolute atomic E-state index is 2.48. The summed E-state index contributed by atoms with van der Waals surface area (Å²) >= 11 is 0. The lowest BCUT2D eigenvalue weighted by atomic mass is 9.82. The summed E-state index contributed by atoms with van der Waals surface area (Å²) in [7, 11) is 0. The van der Waals surface area contributed by atoms with Crippen LogP contribution in [0, 0.1) is 0 Å². The molecule has 0 atom stereocenters. The van der Waals surface area contributed by atoms with Gasteiger partial charge in [0, 0.05) is 55.4 Å². The normalized spacial score (nSPS) is 13.1. The molecule has 0 saturated heterocycles. The van der Waals surface area contributed by atoms with Gasteiger partial charge in [-0.15, -0.1) is 0 Å². The molecule has 0 saturated carbocycles. The molecule has 3 nitrogen and oxygen atoms in total. The van der Waals surface area contributed by atoms with Gasteiger partial charge < -0.3 is 14.0 Å². The summed E-state index contributed by atoms with van der Waals surface area (Å²) in [5, 5.41) is 7.72. The van der Waals surface area contributed by atoms with Crippen LogP contribution in [0.3, 0.4) is 0 Å². The van der Waals surface area contributed by atoms with Crippen LogP contribution < -0.4 is 4.90 Å². The molecule has 70 heavy (non-hydrogen) atoms. The third-order valence-corrected chi connectivity index (χ3v) is 15.6. The third-order valence-electron chi connectivity index (χ3n) is 15.6. The van der Waals surface area contributed by atoms with Crippen molar-refractivity contribution in [3.8, 4) is 55.9 Å². The number of aromatic nitrogens is 2. The van der Waals surface area contributed by atoms with Crippen molar-refractivity contribution < 1.29 is 0 Å². The number of rotatable bonds is 6. The van der Waals surface area contributed by atoms with E-state index in [1.807, 2.05) is 0 Å². The van der Waals surface area contributed by atoms with E-state index in [-0.39, 0.29) is 5.41 Å². The quantitative estimate of drug-likeness (QED) is 0.162. The molecule has 328 valence electrons. The van der Waals surface area contributed by atoms with Gasteiger partial charge in [-0.25, -0.2) is 0 Å². The first-order valence-corrected chi connectivity index (χ1v) is 24.4. The first-order valence-electron chi connectivity index (χ1n) is 24.4. The average Bonchev–Trinajstić information content (AvgIpc) is 3.98. The smallest absolute Gasteiger partial charge is 0.0547 e. The summed E-state index contributed by atoms with van der Waals surface area (Å²) in [6.45, 7) is 4.70. The molecule has 11 aromatic carbocycles. The molecule has 0 radical (unpaired) electrons. The maximum atomic E-state index is 2.48. The fourth-order valence-corrected chi connectivity index (χ4v) is 12.4. The SMILES string of the molecule is CC1(C)c2ccccc2-c2ccc(N(c3ccccc3)c3ccc(-c4ccc(-n5c6cccc7c6c6c8c(cccc8ccc65)-c5cc6c8ccccc8n(-c8ccccc8)c6cc5-7)cc4)cc3)cc21. The van der Waals surface area contributed by atoms with Crippen molar-refractivity contribution in [3.63, 3.8) is 0 Å². The van der Waals surface area contributed by atoms with Gasteiger partial charge in [-0.1, -0.05) is 159 Å². The Hall–Kier alpha value is -8.92. The zero-order valence-corrected chi connectivity index (χ0v) is 38.9. The van der Waals surface area contributed by atoms with Crippen molar-refractivity contribution in [2.75, 3.05) is 4.90 Å². The molecule has 0 aliphatic heterocycles. The summed E-state index contributed by atoms with van der Waals surface area (Å²) in [5.41, 5.74) is 23.4. The van der Waals surface area contributed by atoms with Crippen molar-refractivity contribution in [2.45, 2.75) is 19.3 Å². The zero-order valence-electron chi connectivity index (χ0n) is 38.9. The second-order valence-corrected chi connectivity index (χ2v) is 19.7. The number of para-hydroxylation sites is 3. The number of nitrogens with zero attached hydrogens (tertiary/aromatic N) is 3. The van der Waals surface area contributed by atoms with Gasteiger partial charge in [-0.05, 0) is 157 Å². The van der Waals surface area contributed by atoms with E-state index in [1.54, 1.807) is 0 Å². The molecule has 3 heteroatoms. The Balaban J connectivity index is 0.843. The summed E-state index contributed by atoms with van der Waals surface area (Å²) in [6.07, 6.45) is 0. The van der Waals surface area contributed by atoms with E-state index in [0.29, 0.717) is 0 Å². The molecule has 0 unspecified atom stereocenters. The molecule has 0 N–H and O–H groups in total. The number of anilines is 3. The van der Waals surface area contributed by atoms with E-state index in [1.165, 1.54) is 116 Å². The van der Waals surface area contributed by atoms with Crippen LogP contribution >= 0.6 is 0 Å². The second kappa shape index (κ2) is 14.5. The number of hydrogen-bond donors (Lipinski definition) is 0. The molecule has 2 aliphatic carbocycles. The lowest BCUT2D eigenvalue weighted by Gasteiger charge is -2.28. The Morgan fingerprint density at radius 3 is 1.70 bits per heavy atom. The summed E-state index contributed by atoms with van der Waals surface area (Å²) < 4.78 is 4.92. The van der Waals surface area contributed by atoms with Crippen LogP contribution in [0.2, 0.25) is 0 Å². The van der Waals surface area contributed by atoms with Gasteiger partial charge in [0.25, 0.3) is 0 Å². The van der Waals surface area contributed by atoms with Crippen LogP contribution in [0.1, 0.15) is 25.0 Å². The molecule has 2 aromatic heterocycles. The van der Waals surface area contributed by atoms with E-state index < -0.39 is 0 Å². The fourth-order valence-electron chi connectivity index (χ4n) is 12.4. The number of fused-ring (bicyclic) bond motifs is 9. The summed E-state index contributed by atoms with van der Waals surface area (Å²) in [6, 6.07) is 87.8. The first kappa shape index (κ1) is 39.1. The molecule has 0 spiro atoms. The van der Waals surface area contributed by atoms with E-state index in [9.17, 15) is 0 Å². The summed E-state index contributed by atoms with van der Waals surface area (Å²) in [5.74, 6) is 0. The molecule has 0 bridgehead atoms. The van der Waals surface area contributed by atoms with Crippen molar-refractivity contribution in [2.24, 2.45) is 0 Å². The zero-order chi connectivity index (χ0) is 46.2. The number of benzene rings is 11. The lowest BCUT2D eigenvalue weighted by Crippen LogP contribution is -2.16. The maximum Gasteiger partial charge on any atom is 0.0547 e. The van der Waals surface area contributed by atoms with Gasteiger partial charge in [0.05, 0.1) is 22.1 Å². The van der Waals surface area contributed by atoms with Crippen LogP contribution in [-0.4, -0.2) is 9.13 Å². The van der Waals surface area contributed by atoms with Crippen LogP contribution in [0.4, 0.5) is 17.1 Å². The van der Waals surface area contributed by atoms with Crippen LogP contribution in [0.5, 0.6) is 0 Å². The minimum absolute atomic E-state index is 0.0847. The summed E-state index contributed by atoms with van der Waals surface area (Å²) in [4.78, 5) is 2.39. The highest BCUT2D eigenvalue weighted by atomic mass is 15.1. The van der Waals surface area contributed by atoms with Crippen molar-refractivity contribution >= 4 is 71.4 Å². The van der Waals surface area contributed by atoms with Gasteiger partial charge in [-0.3, -0.25) is 0 Å². The molecule has 2 heterocycles. The average molecular weight is 892 g/mol. The van der Waals surface area contributed by atoms with Gasteiger partial charge >= 0.3 is 0 Å². The van der Waals surface area contributed by atoms with Gasteiger partial charge in [0.1, 0.15) is 0 Å². The van der Waals surface area contributed by atoms with Crippen molar-refractivity contribution in [3.05, 3.63) is 248 Å². The number of hydrogen-bond acceptors (Lipinski definition) is 1. The van der Waals surface area contributed by atoms with Crippen LogP contribution in [0.15, 0.2) is 237 Å². The Morgan fingerprint density at radius 1 is 0.314 bits per heavy atom. The molecule has 0 amide bonds. The first-order chi connectivity index (χ1) is 34.5. The van der Waals surface area contributed by atoms with Gasteiger partial charge in [0.15, 0.2) is 0 Å². The highest BCUT2D eigenvalue weighted by Crippen LogP contribution is 2.53. The third kappa shape index (κ3) is 5.46. The van der Waals surface area contributed by atoms with E-state index in [0.717, 1.165) is 22.7 Å². The van der Waals surface area contributed by atoms with Crippen molar-refractivity contribution in [1.82, 2.24) is 9.13 Å². The minimum Gasteiger partial charge on any atom is -0.310 e. The molecular formula is C67H45N3. The second-order valence-electron chi connectivity index (χ2n) is 19.7. The Bertz CT molecular complexity index is 4290. The molecule has 13 aromatic rings. The fraction of sp³-hybridized carbons (Fsp3) is 0.0448.